The number of nitrogens with zero attached hydrogens (tertiary/aromatic N) is 3. The fourth-order valence-corrected chi connectivity index (χ4v) is 6.94. The van der Waals surface area contributed by atoms with Gasteiger partial charge in [0.05, 0.1) is 0 Å². The number of para-hydroxylation sites is 1. The van der Waals surface area contributed by atoms with Gasteiger partial charge in [-0.2, -0.15) is 0 Å². The minimum absolute atomic E-state index is 0.487. The summed E-state index contributed by atoms with van der Waals surface area (Å²) in [6, 6.07) is 48.4. The summed E-state index contributed by atoms with van der Waals surface area (Å²) >= 11 is 0. The number of hydrogen-bond donors (Lipinski definition) is 0. The smallest absolute Gasteiger partial charge is 0.164 e. The number of hydrogen-bond acceptors (Lipinski definition) is 4. The standard InChI is InChI=1S/C44H31N3O/c1-28-12-10-17-30-22-23-32(26-37(28)30)34-25-24-33(27-38(34)29-13-4-2-5-14-29)43-45-42(31-15-6-3-7-16-31)46-44(47-43)36-19-11-21-40-41(36)35-18-8-9-20-39(35)48-40/h2-11,13-28H,12H2,1H3. The Labute approximate surface area is 279 Å². The van der Waals surface area contributed by atoms with Crippen LogP contribution < -0.4 is 0 Å². The van der Waals surface area contributed by atoms with Crippen LogP contribution in [0.5, 0.6) is 0 Å². The third-order valence-corrected chi connectivity index (χ3v) is 9.39. The zero-order valence-electron chi connectivity index (χ0n) is 26.5. The number of fused-ring (bicyclic) bond motifs is 4. The maximum absolute atomic E-state index is 6.23. The molecular formula is C44H31N3O. The average molecular weight is 618 g/mol. The predicted molar refractivity (Wildman–Crippen MR) is 196 cm³/mol. The molecule has 2 heterocycles. The first-order chi connectivity index (χ1) is 23.7. The molecule has 8 aromatic rings. The summed E-state index contributed by atoms with van der Waals surface area (Å²) < 4.78 is 6.23. The van der Waals surface area contributed by atoms with Crippen LogP contribution in [0.2, 0.25) is 0 Å². The lowest BCUT2D eigenvalue weighted by Crippen LogP contribution is -2.01. The van der Waals surface area contributed by atoms with Crippen molar-refractivity contribution in [3.8, 4) is 56.4 Å². The van der Waals surface area contributed by atoms with Crippen LogP contribution in [0.4, 0.5) is 0 Å². The number of benzene rings is 6. The van der Waals surface area contributed by atoms with Crippen LogP contribution in [-0.4, -0.2) is 15.0 Å². The molecule has 228 valence electrons. The van der Waals surface area contributed by atoms with Crippen LogP contribution in [-0.2, 0) is 0 Å². The second kappa shape index (κ2) is 11.6. The van der Waals surface area contributed by atoms with Gasteiger partial charge in [0.2, 0.25) is 0 Å². The Hall–Kier alpha value is -6.13. The molecule has 0 fully saturated rings. The molecule has 2 aromatic heterocycles. The van der Waals surface area contributed by atoms with Gasteiger partial charge in [-0.25, -0.2) is 15.0 Å². The first-order valence-corrected chi connectivity index (χ1v) is 16.4. The molecule has 0 radical (unpaired) electrons. The van der Waals surface area contributed by atoms with E-state index in [2.05, 4.69) is 97.9 Å². The predicted octanol–water partition coefficient (Wildman–Crippen LogP) is 11.6. The SMILES string of the molecule is CC1CC=Cc2ccc(-c3ccc(-c4nc(-c5ccccc5)nc(-c5cccc6oc7ccccc7c56)n4)cc3-c3ccccc3)cc21. The zero-order chi connectivity index (χ0) is 32.0. The van der Waals surface area contributed by atoms with E-state index in [1.807, 2.05) is 60.7 Å². The van der Waals surface area contributed by atoms with Crippen LogP contribution in [0.15, 0.2) is 150 Å². The molecule has 0 saturated heterocycles. The molecule has 6 aromatic carbocycles. The van der Waals surface area contributed by atoms with Crippen molar-refractivity contribution in [3.63, 3.8) is 0 Å². The largest absolute Gasteiger partial charge is 0.456 e. The van der Waals surface area contributed by atoms with E-state index in [1.54, 1.807) is 0 Å². The van der Waals surface area contributed by atoms with Gasteiger partial charge in [-0.3, -0.25) is 0 Å². The van der Waals surface area contributed by atoms with Crippen molar-refractivity contribution < 1.29 is 4.42 Å². The maximum Gasteiger partial charge on any atom is 0.164 e. The van der Waals surface area contributed by atoms with Gasteiger partial charge >= 0.3 is 0 Å². The molecule has 0 spiro atoms. The van der Waals surface area contributed by atoms with Crippen LogP contribution in [0.1, 0.15) is 30.4 Å². The van der Waals surface area contributed by atoms with Crippen molar-refractivity contribution >= 4 is 28.0 Å². The molecule has 4 nitrogen and oxygen atoms in total. The molecule has 1 unspecified atom stereocenters. The Balaban J connectivity index is 1.26. The summed E-state index contributed by atoms with van der Waals surface area (Å²) in [5, 5.41) is 2.04. The molecule has 1 atom stereocenters. The third-order valence-electron chi connectivity index (χ3n) is 9.39. The monoisotopic (exact) mass is 617 g/mol. The lowest BCUT2D eigenvalue weighted by Gasteiger charge is -2.20. The van der Waals surface area contributed by atoms with E-state index in [-0.39, 0.29) is 0 Å². The number of allylic oxidation sites excluding steroid dienone is 1. The number of aromatic nitrogens is 3. The first kappa shape index (κ1) is 28.1. The lowest BCUT2D eigenvalue weighted by atomic mass is 9.85. The van der Waals surface area contributed by atoms with Gasteiger partial charge in [-0.05, 0) is 63.9 Å². The van der Waals surface area contributed by atoms with Crippen molar-refractivity contribution in [2.24, 2.45) is 0 Å². The van der Waals surface area contributed by atoms with Crippen LogP contribution in [0.25, 0.3) is 84.4 Å². The minimum atomic E-state index is 0.487. The van der Waals surface area contributed by atoms with Crippen LogP contribution >= 0.6 is 0 Å². The Morgan fingerprint density at radius 2 is 1.21 bits per heavy atom. The zero-order valence-corrected chi connectivity index (χ0v) is 26.5. The third kappa shape index (κ3) is 4.90. The van der Waals surface area contributed by atoms with Crippen molar-refractivity contribution in [1.82, 2.24) is 15.0 Å². The summed E-state index contributed by atoms with van der Waals surface area (Å²) in [4.78, 5) is 15.3. The van der Waals surface area contributed by atoms with E-state index in [0.717, 1.165) is 56.2 Å². The first-order valence-electron chi connectivity index (χ1n) is 16.4. The number of rotatable bonds is 5. The summed E-state index contributed by atoms with van der Waals surface area (Å²) in [5.74, 6) is 2.35. The highest BCUT2D eigenvalue weighted by Gasteiger charge is 2.20. The van der Waals surface area contributed by atoms with E-state index in [1.165, 1.54) is 22.3 Å². The second-order valence-corrected chi connectivity index (χ2v) is 12.5. The molecule has 9 rings (SSSR count). The Bertz CT molecular complexity index is 2500. The normalized spacial score (nSPS) is 14.0. The Kier molecular flexibility index (Phi) is 6.79. The molecule has 0 amide bonds. The van der Waals surface area contributed by atoms with E-state index in [0.29, 0.717) is 23.4 Å². The summed E-state index contributed by atoms with van der Waals surface area (Å²) in [6.07, 6.45) is 5.59. The van der Waals surface area contributed by atoms with Gasteiger partial charge in [-0.1, -0.05) is 140 Å². The highest BCUT2D eigenvalue weighted by molar-refractivity contribution is 6.11. The van der Waals surface area contributed by atoms with Gasteiger partial charge in [0.15, 0.2) is 17.5 Å². The van der Waals surface area contributed by atoms with E-state index in [9.17, 15) is 0 Å². The van der Waals surface area contributed by atoms with Crippen molar-refractivity contribution in [2.45, 2.75) is 19.3 Å². The Morgan fingerprint density at radius 1 is 0.521 bits per heavy atom. The fraction of sp³-hybridized carbons (Fsp3) is 0.0682. The summed E-state index contributed by atoms with van der Waals surface area (Å²) in [6.45, 7) is 2.31. The molecule has 4 heteroatoms. The topological polar surface area (TPSA) is 51.8 Å². The van der Waals surface area contributed by atoms with Gasteiger partial charge in [0.1, 0.15) is 11.2 Å². The molecule has 0 bridgehead atoms. The highest BCUT2D eigenvalue weighted by atomic mass is 16.3. The second-order valence-electron chi connectivity index (χ2n) is 12.5. The molecule has 0 saturated carbocycles. The van der Waals surface area contributed by atoms with Crippen LogP contribution in [0, 0.1) is 0 Å². The molecular weight excluding hydrogens is 587 g/mol. The average Bonchev–Trinajstić information content (AvgIpc) is 3.54. The van der Waals surface area contributed by atoms with E-state index < -0.39 is 0 Å². The number of furan rings is 1. The van der Waals surface area contributed by atoms with E-state index >= 15 is 0 Å². The quantitative estimate of drug-likeness (QED) is 0.193. The highest BCUT2D eigenvalue weighted by Crippen LogP contribution is 2.40. The van der Waals surface area contributed by atoms with E-state index in [4.69, 9.17) is 19.4 Å². The van der Waals surface area contributed by atoms with Crippen molar-refractivity contribution in [2.75, 3.05) is 0 Å². The fourth-order valence-electron chi connectivity index (χ4n) is 6.94. The molecule has 1 aliphatic carbocycles. The van der Waals surface area contributed by atoms with Gasteiger partial charge in [-0.15, -0.1) is 0 Å². The minimum Gasteiger partial charge on any atom is -0.456 e. The molecule has 0 aliphatic heterocycles. The van der Waals surface area contributed by atoms with Gasteiger partial charge < -0.3 is 4.42 Å². The summed E-state index contributed by atoms with van der Waals surface area (Å²) in [7, 11) is 0. The maximum atomic E-state index is 6.23. The summed E-state index contributed by atoms with van der Waals surface area (Å²) in [5.41, 5.74) is 11.8. The van der Waals surface area contributed by atoms with Gasteiger partial charge in [0.25, 0.3) is 0 Å². The molecule has 0 N–H and O–H groups in total. The van der Waals surface area contributed by atoms with Crippen molar-refractivity contribution in [3.05, 3.63) is 157 Å². The molecule has 1 aliphatic rings. The van der Waals surface area contributed by atoms with Gasteiger partial charge in [0, 0.05) is 27.5 Å². The van der Waals surface area contributed by atoms with Crippen molar-refractivity contribution in [1.29, 1.82) is 0 Å². The Morgan fingerprint density at radius 3 is 2.04 bits per heavy atom. The lowest BCUT2D eigenvalue weighted by molar-refractivity contribution is 0.669. The van der Waals surface area contributed by atoms with Crippen LogP contribution in [0.3, 0.4) is 0 Å². The molecule has 48 heavy (non-hydrogen) atoms.